The van der Waals surface area contributed by atoms with Crippen LogP contribution in [0.15, 0.2) is 24.3 Å². The molecule has 0 aromatic carbocycles. The van der Waals surface area contributed by atoms with E-state index >= 15 is 0 Å². The van der Waals surface area contributed by atoms with Crippen LogP contribution in [-0.4, -0.2) is 0 Å². The van der Waals surface area contributed by atoms with Gasteiger partial charge in [-0.15, -0.1) is 0 Å². The SMILES string of the molecule is CC(C)C=CC=CC(C)C. The molecule has 0 aromatic heterocycles. The molecule has 0 aliphatic heterocycles. The predicted molar refractivity (Wildman–Crippen MR) is 48.0 cm³/mol. The number of hydrogen-bond donors (Lipinski definition) is 0. The highest BCUT2D eigenvalue weighted by Gasteiger charge is 1.81. The lowest BCUT2D eigenvalue weighted by molar-refractivity contribution is 0.825. The second-order valence-corrected chi connectivity index (χ2v) is 3.26. The smallest absolute Gasteiger partial charge is 0.0287 e. The first-order valence-electron chi connectivity index (χ1n) is 3.98. The molecule has 0 bridgehead atoms. The van der Waals surface area contributed by atoms with Gasteiger partial charge < -0.3 is 0 Å². The first-order valence-corrected chi connectivity index (χ1v) is 3.98. The van der Waals surface area contributed by atoms with Crippen molar-refractivity contribution >= 4 is 0 Å². The van der Waals surface area contributed by atoms with Crippen molar-refractivity contribution in [3.05, 3.63) is 24.3 Å². The lowest BCUT2D eigenvalue weighted by Crippen LogP contribution is -1.77. The number of allylic oxidation sites excluding steroid dienone is 4. The summed E-state index contributed by atoms with van der Waals surface area (Å²) in [4.78, 5) is 0. The molecule has 0 aliphatic carbocycles. The maximum Gasteiger partial charge on any atom is -0.0287 e. The average Bonchev–Trinajstić information content (AvgIpc) is 1.79. The average molecular weight is 138 g/mol. The highest BCUT2D eigenvalue weighted by molar-refractivity contribution is 5.04. The summed E-state index contributed by atoms with van der Waals surface area (Å²) in [5.74, 6) is 1.33. The number of hydrogen-bond acceptors (Lipinski definition) is 0. The minimum Gasteiger partial charge on any atom is -0.0820 e. The van der Waals surface area contributed by atoms with Crippen LogP contribution in [0.5, 0.6) is 0 Å². The van der Waals surface area contributed by atoms with Gasteiger partial charge >= 0.3 is 0 Å². The fourth-order valence-electron chi connectivity index (χ4n) is 0.573. The Hall–Kier alpha value is -0.520. The Bertz CT molecular complexity index is 100. The van der Waals surface area contributed by atoms with E-state index in [0.717, 1.165) is 0 Å². The van der Waals surface area contributed by atoms with Gasteiger partial charge in [0.05, 0.1) is 0 Å². The molecule has 0 amide bonds. The Labute approximate surface area is 64.6 Å². The van der Waals surface area contributed by atoms with Gasteiger partial charge in [0.1, 0.15) is 0 Å². The van der Waals surface area contributed by atoms with Crippen LogP contribution in [-0.2, 0) is 0 Å². The molecule has 0 radical (unpaired) electrons. The van der Waals surface area contributed by atoms with Gasteiger partial charge in [-0.3, -0.25) is 0 Å². The van der Waals surface area contributed by atoms with Crippen molar-refractivity contribution in [3.63, 3.8) is 0 Å². The van der Waals surface area contributed by atoms with E-state index in [1.165, 1.54) is 0 Å². The summed E-state index contributed by atoms with van der Waals surface area (Å²) < 4.78 is 0. The minimum absolute atomic E-state index is 0.664. The molecule has 0 rings (SSSR count). The molecular formula is C10H18. The van der Waals surface area contributed by atoms with Gasteiger partial charge in [-0.25, -0.2) is 0 Å². The Balaban J connectivity index is 3.52. The molecule has 0 N–H and O–H groups in total. The van der Waals surface area contributed by atoms with Crippen molar-refractivity contribution in [1.29, 1.82) is 0 Å². The Kier molecular flexibility index (Phi) is 5.00. The largest absolute Gasteiger partial charge is 0.0820 e. The van der Waals surface area contributed by atoms with E-state index in [2.05, 4.69) is 52.0 Å². The van der Waals surface area contributed by atoms with Gasteiger partial charge in [0, 0.05) is 0 Å². The molecule has 0 spiro atoms. The van der Waals surface area contributed by atoms with Crippen molar-refractivity contribution in [2.45, 2.75) is 27.7 Å². The standard InChI is InChI=1S/C10H18/c1-9(2)7-5-6-8-10(3)4/h5-10H,1-4H3. The molecule has 0 unspecified atom stereocenters. The Morgan fingerprint density at radius 2 is 1.00 bits per heavy atom. The van der Waals surface area contributed by atoms with Crippen LogP contribution in [0.2, 0.25) is 0 Å². The Morgan fingerprint density at radius 3 is 1.20 bits per heavy atom. The van der Waals surface area contributed by atoms with Gasteiger partial charge in [0.25, 0.3) is 0 Å². The number of rotatable bonds is 3. The van der Waals surface area contributed by atoms with E-state index in [1.54, 1.807) is 0 Å². The lowest BCUT2D eigenvalue weighted by Gasteiger charge is -1.91. The van der Waals surface area contributed by atoms with E-state index in [1.807, 2.05) is 0 Å². The second-order valence-electron chi connectivity index (χ2n) is 3.26. The predicted octanol–water partition coefficient (Wildman–Crippen LogP) is 3.41. The van der Waals surface area contributed by atoms with Gasteiger partial charge in [-0.1, -0.05) is 52.0 Å². The summed E-state index contributed by atoms with van der Waals surface area (Å²) in [6.45, 7) is 8.72. The summed E-state index contributed by atoms with van der Waals surface area (Å²) in [6.07, 6.45) is 8.62. The first kappa shape index (κ1) is 9.48. The zero-order valence-electron chi connectivity index (χ0n) is 7.46. The van der Waals surface area contributed by atoms with Crippen LogP contribution >= 0.6 is 0 Å². The van der Waals surface area contributed by atoms with Crippen molar-refractivity contribution < 1.29 is 0 Å². The maximum absolute atomic E-state index is 2.19. The third-order valence-electron chi connectivity index (χ3n) is 1.10. The summed E-state index contributed by atoms with van der Waals surface area (Å²) in [5.41, 5.74) is 0. The summed E-state index contributed by atoms with van der Waals surface area (Å²) in [5, 5.41) is 0. The van der Waals surface area contributed by atoms with Crippen LogP contribution in [0, 0.1) is 11.8 Å². The topological polar surface area (TPSA) is 0 Å². The molecule has 0 heteroatoms. The Morgan fingerprint density at radius 1 is 0.700 bits per heavy atom. The van der Waals surface area contributed by atoms with E-state index in [9.17, 15) is 0 Å². The van der Waals surface area contributed by atoms with Crippen LogP contribution in [0.1, 0.15) is 27.7 Å². The van der Waals surface area contributed by atoms with Crippen molar-refractivity contribution in [3.8, 4) is 0 Å². The normalized spacial score (nSPS) is 13.0. The van der Waals surface area contributed by atoms with Gasteiger partial charge in [0.15, 0.2) is 0 Å². The van der Waals surface area contributed by atoms with E-state index in [4.69, 9.17) is 0 Å². The van der Waals surface area contributed by atoms with Crippen LogP contribution in [0.25, 0.3) is 0 Å². The molecule has 0 saturated carbocycles. The minimum atomic E-state index is 0.664. The third kappa shape index (κ3) is 7.48. The van der Waals surface area contributed by atoms with E-state index < -0.39 is 0 Å². The zero-order valence-corrected chi connectivity index (χ0v) is 7.46. The second kappa shape index (κ2) is 5.28. The van der Waals surface area contributed by atoms with E-state index in [0.29, 0.717) is 11.8 Å². The molecule has 0 heterocycles. The molecule has 0 aliphatic rings. The molecule has 10 heavy (non-hydrogen) atoms. The molecule has 0 fully saturated rings. The molecule has 0 atom stereocenters. The van der Waals surface area contributed by atoms with Gasteiger partial charge in [0.2, 0.25) is 0 Å². The van der Waals surface area contributed by atoms with Crippen molar-refractivity contribution in [1.82, 2.24) is 0 Å². The third-order valence-corrected chi connectivity index (χ3v) is 1.10. The van der Waals surface area contributed by atoms with Gasteiger partial charge in [-0.2, -0.15) is 0 Å². The summed E-state index contributed by atoms with van der Waals surface area (Å²) in [6, 6.07) is 0. The van der Waals surface area contributed by atoms with Crippen LogP contribution in [0.4, 0.5) is 0 Å². The first-order chi connectivity index (χ1) is 4.63. The maximum atomic E-state index is 2.19. The molecule has 0 saturated heterocycles. The van der Waals surface area contributed by atoms with Gasteiger partial charge in [-0.05, 0) is 11.8 Å². The highest BCUT2D eigenvalue weighted by atomic mass is 13.9. The highest BCUT2D eigenvalue weighted by Crippen LogP contribution is 1.96. The van der Waals surface area contributed by atoms with Crippen LogP contribution in [0.3, 0.4) is 0 Å². The fraction of sp³-hybridized carbons (Fsp3) is 0.600. The fourth-order valence-corrected chi connectivity index (χ4v) is 0.573. The molecule has 58 valence electrons. The zero-order chi connectivity index (χ0) is 7.98. The lowest BCUT2D eigenvalue weighted by atomic mass is 10.2. The van der Waals surface area contributed by atoms with Crippen molar-refractivity contribution in [2.24, 2.45) is 11.8 Å². The molecule has 0 aromatic rings. The molecular weight excluding hydrogens is 120 g/mol. The van der Waals surface area contributed by atoms with Crippen LogP contribution < -0.4 is 0 Å². The van der Waals surface area contributed by atoms with Crippen molar-refractivity contribution in [2.75, 3.05) is 0 Å². The molecule has 0 nitrogen and oxygen atoms in total. The monoisotopic (exact) mass is 138 g/mol. The quantitative estimate of drug-likeness (QED) is 0.524. The van der Waals surface area contributed by atoms with E-state index in [-0.39, 0.29) is 0 Å². The summed E-state index contributed by atoms with van der Waals surface area (Å²) >= 11 is 0. The summed E-state index contributed by atoms with van der Waals surface area (Å²) in [7, 11) is 0.